The van der Waals surface area contributed by atoms with Gasteiger partial charge in [-0.2, -0.15) is 0 Å². The minimum Gasteiger partial charge on any atom is -0.368 e. The maximum atomic E-state index is 12.6. The van der Waals surface area contributed by atoms with Crippen molar-refractivity contribution in [3.05, 3.63) is 29.8 Å². The third-order valence-electron chi connectivity index (χ3n) is 4.79. The van der Waals surface area contributed by atoms with E-state index in [2.05, 4.69) is 41.0 Å². The second-order valence-electron chi connectivity index (χ2n) is 6.50. The molecule has 4 heteroatoms. The molecule has 1 aromatic rings. The average molecular weight is 301 g/mol. The molecule has 1 aromatic carbocycles. The molecule has 4 nitrogen and oxygen atoms in total. The lowest BCUT2D eigenvalue weighted by molar-refractivity contribution is 0.151. The van der Waals surface area contributed by atoms with Gasteiger partial charge in [0.1, 0.15) is 0 Å². The molecule has 0 atom stereocenters. The number of piperazine rings is 1. The first-order chi connectivity index (χ1) is 10.7. The highest BCUT2D eigenvalue weighted by Gasteiger charge is 2.25. The molecule has 2 amide bonds. The predicted molar refractivity (Wildman–Crippen MR) is 90.4 cm³/mol. The molecule has 2 aliphatic rings. The lowest BCUT2D eigenvalue weighted by atomic mass is 10.2. The van der Waals surface area contributed by atoms with Crippen LogP contribution in [0.1, 0.15) is 31.2 Å². The minimum atomic E-state index is 0.255. The Labute approximate surface area is 133 Å². The molecule has 120 valence electrons. The molecule has 0 radical (unpaired) electrons. The van der Waals surface area contributed by atoms with Crippen molar-refractivity contribution in [3.8, 4) is 0 Å². The number of hydrogen-bond donors (Lipinski definition) is 0. The highest BCUT2D eigenvalue weighted by molar-refractivity contribution is 5.75. The monoisotopic (exact) mass is 301 g/mol. The van der Waals surface area contributed by atoms with Gasteiger partial charge < -0.3 is 14.7 Å². The molecule has 2 aliphatic heterocycles. The Balaban J connectivity index is 1.55. The van der Waals surface area contributed by atoms with Crippen LogP contribution in [0.4, 0.5) is 10.5 Å². The van der Waals surface area contributed by atoms with Gasteiger partial charge in [0.15, 0.2) is 0 Å². The van der Waals surface area contributed by atoms with Crippen LogP contribution in [0.2, 0.25) is 0 Å². The van der Waals surface area contributed by atoms with E-state index in [4.69, 9.17) is 0 Å². The lowest BCUT2D eigenvalue weighted by Crippen LogP contribution is -2.53. The summed E-state index contributed by atoms with van der Waals surface area (Å²) in [4.78, 5) is 19.1. The first kappa shape index (κ1) is 15.2. The van der Waals surface area contributed by atoms with Crippen LogP contribution in [0.3, 0.4) is 0 Å². The van der Waals surface area contributed by atoms with E-state index in [0.29, 0.717) is 0 Å². The van der Waals surface area contributed by atoms with Crippen molar-refractivity contribution in [2.24, 2.45) is 0 Å². The van der Waals surface area contributed by atoms with Gasteiger partial charge in [0.25, 0.3) is 0 Å². The number of benzene rings is 1. The van der Waals surface area contributed by atoms with Crippen molar-refractivity contribution in [1.29, 1.82) is 0 Å². The fourth-order valence-electron chi connectivity index (χ4n) is 3.44. The molecule has 3 rings (SSSR count). The Bertz CT molecular complexity index is 501. The normalized spacial score (nSPS) is 20.0. The second kappa shape index (κ2) is 7.03. The SMILES string of the molecule is Cc1cccc(N2CCN(C(=O)N3CCCCCC3)CC2)c1. The van der Waals surface area contributed by atoms with Crippen molar-refractivity contribution in [2.45, 2.75) is 32.6 Å². The van der Waals surface area contributed by atoms with Gasteiger partial charge in [-0.3, -0.25) is 0 Å². The zero-order valence-corrected chi connectivity index (χ0v) is 13.6. The van der Waals surface area contributed by atoms with Crippen LogP contribution >= 0.6 is 0 Å². The van der Waals surface area contributed by atoms with Crippen molar-refractivity contribution in [1.82, 2.24) is 9.80 Å². The van der Waals surface area contributed by atoms with E-state index < -0.39 is 0 Å². The Kier molecular flexibility index (Phi) is 4.86. The van der Waals surface area contributed by atoms with Gasteiger partial charge in [0.05, 0.1) is 0 Å². The maximum Gasteiger partial charge on any atom is 0.320 e. The number of hydrogen-bond acceptors (Lipinski definition) is 2. The topological polar surface area (TPSA) is 26.8 Å². The standard InChI is InChI=1S/C18H27N3O/c1-16-7-6-8-17(15-16)19-11-13-21(14-12-19)18(22)20-9-4-2-3-5-10-20/h6-8,15H,2-5,9-14H2,1H3. The Hall–Kier alpha value is -1.71. The number of likely N-dealkylation sites (tertiary alicyclic amines) is 1. The molecule has 0 aliphatic carbocycles. The van der Waals surface area contributed by atoms with Crippen LogP contribution in [0.15, 0.2) is 24.3 Å². The largest absolute Gasteiger partial charge is 0.368 e. The third-order valence-corrected chi connectivity index (χ3v) is 4.79. The fraction of sp³-hybridized carbons (Fsp3) is 0.611. The van der Waals surface area contributed by atoms with Gasteiger partial charge in [-0.1, -0.05) is 25.0 Å². The summed E-state index contributed by atoms with van der Waals surface area (Å²) in [6.45, 7) is 7.55. The zero-order valence-electron chi connectivity index (χ0n) is 13.6. The van der Waals surface area contributed by atoms with Gasteiger partial charge >= 0.3 is 6.03 Å². The highest BCUT2D eigenvalue weighted by atomic mass is 16.2. The molecule has 0 saturated carbocycles. The smallest absolute Gasteiger partial charge is 0.320 e. The number of rotatable bonds is 1. The van der Waals surface area contributed by atoms with E-state index in [1.807, 2.05) is 4.90 Å². The number of aryl methyl sites for hydroxylation is 1. The molecule has 2 saturated heterocycles. The molecule has 2 fully saturated rings. The van der Waals surface area contributed by atoms with Crippen molar-refractivity contribution in [3.63, 3.8) is 0 Å². The number of amides is 2. The van der Waals surface area contributed by atoms with E-state index in [9.17, 15) is 4.79 Å². The number of carbonyl (C=O) groups is 1. The minimum absolute atomic E-state index is 0.255. The van der Waals surface area contributed by atoms with E-state index in [1.165, 1.54) is 24.1 Å². The predicted octanol–water partition coefficient (Wildman–Crippen LogP) is 3.11. The van der Waals surface area contributed by atoms with Gasteiger partial charge in [-0.15, -0.1) is 0 Å². The Morgan fingerprint density at radius 3 is 2.14 bits per heavy atom. The molecule has 0 aromatic heterocycles. The van der Waals surface area contributed by atoms with Crippen molar-refractivity contribution >= 4 is 11.7 Å². The quantitative estimate of drug-likeness (QED) is 0.797. The van der Waals surface area contributed by atoms with Crippen LogP contribution in [0.25, 0.3) is 0 Å². The van der Waals surface area contributed by atoms with E-state index in [-0.39, 0.29) is 6.03 Å². The van der Waals surface area contributed by atoms with Gasteiger partial charge in [0.2, 0.25) is 0 Å². The summed E-state index contributed by atoms with van der Waals surface area (Å²) in [5.41, 5.74) is 2.57. The highest BCUT2D eigenvalue weighted by Crippen LogP contribution is 2.19. The second-order valence-corrected chi connectivity index (χ2v) is 6.50. The van der Waals surface area contributed by atoms with Crippen molar-refractivity contribution < 1.29 is 4.79 Å². The molecular weight excluding hydrogens is 274 g/mol. The molecule has 2 heterocycles. The number of urea groups is 1. The summed E-state index contributed by atoms with van der Waals surface area (Å²) >= 11 is 0. The number of anilines is 1. The number of nitrogens with zero attached hydrogens (tertiary/aromatic N) is 3. The first-order valence-corrected chi connectivity index (χ1v) is 8.59. The Morgan fingerprint density at radius 2 is 1.50 bits per heavy atom. The van der Waals surface area contributed by atoms with Crippen LogP contribution in [0, 0.1) is 6.92 Å². The first-order valence-electron chi connectivity index (χ1n) is 8.59. The van der Waals surface area contributed by atoms with Gasteiger partial charge in [0, 0.05) is 45.0 Å². The molecule has 22 heavy (non-hydrogen) atoms. The van der Waals surface area contributed by atoms with Crippen molar-refractivity contribution in [2.75, 3.05) is 44.2 Å². The summed E-state index contributed by atoms with van der Waals surface area (Å²) in [5.74, 6) is 0. The van der Waals surface area contributed by atoms with Gasteiger partial charge in [-0.25, -0.2) is 4.79 Å². The summed E-state index contributed by atoms with van der Waals surface area (Å²) in [6.07, 6.45) is 4.86. The van der Waals surface area contributed by atoms with E-state index in [0.717, 1.165) is 52.1 Å². The van der Waals surface area contributed by atoms with Crippen LogP contribution < -0.4 is 4.90 Å². The average Bonchev–Trinajstić information content (AvgIpc) is 2.84. The molecule has 0 unspecified atom stereocenters. The zero-order chi connectivity index (χ0) is 15.4. The van der Waals surface area contributed by atoms with E-state index >= 15 is 0 Å². The summed E-state index contributed by atoms with van der Waals surface area (Å²) in [7, 11) is 0. The maximum absolute atomic E-state index is 12.6. The number of carbonyl (C=O) groups excluding carboxylic acids is 1. The molecule has 0 spiro atoms. The van der Waals surface area contributed by atoms with Gasteiger partial charge in [-0.05, 0) is 37.5 Å². The molecule has 0 bridgehead atoms. The Morgan fingerprint density at radius 1 is 0.864 bits per heavy atom. The van der Waals surface area contributed by atoms with Crippen LogP contribution in [-0.4, -0.2) is 55.1 Å². The van der Waals surface area contributed by atoms with E-state index in [1.54, 1.807) is 0 Å². The third kappa shape index (κ3) is 3.54. The molecular formula is C18H27N3O. The summed E-state index contributed by atoms with van der Waals surface area (Å²) in [5, 5.41) is 0. The van der Waals surface area contributed by atoms with Crippen LogP contribution in [-0.2, 0) is 0 Å². The summed E-state index contributed by atoms with van der Waals surface area (Å²) in [6, 6.07) is 8.89. The summed E-state index contributed by atoms with van der Waals surface area (Å²) < 4.78 is 0. The fourth-order valence-corrected chi connectivity index (χ4v) is 3.44. The van der Waals surface area contributed by atoms with Crippen LogP contribution in [0.5, 0.6) is 0 Å². The molecule has 0 N–H and O–H groups in total. The lowest BCUT2D eigenvalue weighted by Gasteiger charge is -2.38.